The van der Waals surface area contributed by atoms with Crippen molar-refractivity contribution in [3.63, 3.8) is 0 Å². The molecule has 1 aliphatic heterocycles. The van der Waals surface area contributed by atoms with Crippen molar-refractivity contribution in [1.82, 2.24) is 14.5 Å². The van der Waals surface area contributed by atoms with Gasteiger partial charge in [0.05, 0.1) is 4.90 Å². The topological polar surface area (TPSA) is 52.7 Å². The van der Waals surface area contributed by atoms with E-state index in [0.717, 1.165) is 31.7 Å². The van der Waals surface area contributed by atoms with Crippen LogP contribution in [0.2, 0.25) is 0 Å². The Morgan fingerprint density at radius 3 is 2.80 bits per heavy atom. The molecule has 1 N–H and O–H groups in total. The smallest absolute Gasteiger partial charge is 0.242 e. The molecule has 1 fully saturated rings. The minimum absolute atomic E-state index is 0.364. The first-order valence-electron chi connectivity index (χ1n) is 6.87. The van der Waals surface area contributed by atoms with Crippen LogP contribution in [0.5, 0.6) is 0 Å². The van der Waals surface area contributed by atoms with Crippen LogP contribution in [0.15, 0.2) is 29.2 Å². The molecule has 5 nitrogen and oxygen atoms in total. The summed E-state index contributed by atoms with van der Waals surface area (Å²) in [5.41, 5.74) is 1.04. The number of piperazine rings is 1. The van der Waals surface area contributed by atoms with Crippen LogP contribution in [0.25, 0.3) is 0 Å². The van der Waals surface area contributed by atoms with Crippen LogP contribution in [0.4, 0.5) is 0 Å². The van der Waals surface area contributed by atoms with Gasteiger partial charge >= 0.3 is 0 Å². The summed E-state index contributed by atoms with van der Waals surface area (Å²) in [6.45, 7) is 5.93. The van der Waals surface area contributed by atoms with E-state index < -0.39 is 10.0 Å². The minimum Gasteiger partial charge on any atom is -0.312 e. The second-order valence-electron chi connectivity index (χ2n) is 5.53. The van der Waals surface area contributed by atoms with E-state index in [9.17, 15) is 8.42 Å². The first-order valence-corrected chi connectivity index (χ1v) is 8.31. The first-order chi connectivity index (χ1) is 9.39. The number of nitrogens with one attached hydrogen (secondary N) is 1. The number of benzene rings is 1. The fourth-order valence-electron chi connectivity index (χ4n) is 2.43. The average Bonchev–Trinajstić information content (AvgIpc) is 2.39. The third-order valence-corrected chi connectivity index (χ3v) is 5.35. The molecule has 0 aliphatic carbocycles. The van der Waals surface area contributed by atoms with Gasteiger partial charge in [-0.15, -0.1) is 0 Å². The van der Waals surface area contributed by atoms with E-state index in [2.05, 4.69) is 17.1 Å². The zero-order valence-electron chi connectivity index (χ0n) is 12.3. The molecule has 1 unspecified atom stereocenters. The molecule has 1 aromatic rings. The standard InChI is InChI=1S/C14H23N3O2S/c1-12-10-17(8-7-15-12)11-13-5-4-6-14(9-13)20(18,19)16(2)3/h4-6,9,12,15H,7-8,10-11H2,1-3H3. The highest BCUT2D eigenvalue weighted by Crippen LogP contribution is 2.16. The molecule has 0 spiro atoms. The van der Waals surface area contributed by atoms with Crippen molar-refractivity contribution in [2.75, 3.05) is 33.7 Å². The fraction of sp³-hybridized carbons (Fsp3) is 0.571. The lowest BCUT2D eigenvalue weighted by atomic mass is 10.1. The lowest BCUT2D eigenvalue weighted by Crippen LogP contribution is -2.48. The van der Waals surface area contributed by atoms with Crippen molar-refractivity contribution in [3.05, 3.63) is 29.8 Å². The van der Waals surface area contributed by atoms with Gasteiger partial charge in [-0.25, -0.2) is 12.7 Å². The Hall–Kier alpha value is -0.950. The molecule has 0 radical (unpaired) electrons. The van der Waals surface area contributed by atoms with Crippen molar-refractivity contribution in [3.8, 4) is 0 Å². The third-order valence-electron chi connectivity index (χ3n) is 3.54. The SMILES string of the molecule is CC1CN(Cc2cccc(S(=O)(=O)N(C)C)c2)CCN1. The zero-order valence-corrected chi connectivity index (χ0v) is 13.2. The Balaban J connectivity index is 2.14. The van der Waals surface area contributed by atoms with Crippen molar-refractivity contribution in [1.29, 1.82) is 0 Å². The number of hydrogen-bond donors (Lipinski definition) is 1. The van der Waals surface area contributed by atoms with Crippen LogP contribution in [-0.4, -0.2) is 57.4 Å². The molecule has 0 aromatic heterocycles. The molecular weight excluding hydrogens is 274 g/mol. The van der Waals surface area contributed by atoms with Gasteiger partial charge in [-0.3, -0.25) is 4.90 Å². The minimum atomic E-state index is -3.35. The van der Waals surface area contributed by atoms with E-state index in [1.807, 2.05) is 12.1 Å². The Labute approximate surface area is 121 Å². The van der Waals surface area contributed by atoms with Crippen molar-refractivity contribution < 1.29 is 8.42 Å². The summed E-state index contributed by atoms with van der Waals surface area (Å²) < 4.78 is 25.5. The molecule has 6 heteroatoms. The molecule has 1 aromatic carbocycles. The van der Waals surface area contributed by atoms with E-state index in [1.54, 1.807) is 26.2 Å². The second-order valence-corrected chi connectivity index (χ2v) is 7.68. The molecule has 1 atom stereocenters. The molecule has 1 saturated heterocycles. The monoisotopic (exact) mass is 297 g/mol. The first kappa shape index (κ1) is 15.4. The number of nitrogens with zero attached hydrogens (tertiary/aromatic N) is 2. The van der Waals surface area contributed by atoms with Crippen LogP contribution >= 0.6 is 0 Å². The Bertz CT molecular complexity index is 557. The summed E-state index contributed by atoms with van der Waals surface area (Å²) in [6.07, 6.45) is 0. The Kier molecular flexibility index (Phi) is 4.80. The van der Waals surface area contributed by atoms with Gasteiger partial charge in [-0.1, -0.05) is 12.1 Å². The molecule has 112 valence electrons. The van der Waals surface area contributed by atoms with Crippen LogP contribution in [0.3, 0.4) is 0 Å². The summed E-state index contributed by atoms with van der Waals surface area (Å²) in [7, 11) is -0.237. The maximum absolute atomic E-state index is 12.1. The molecule has 1 aliphatic rings. The highest BCUT2D eigenvalue weighted by Gasteiger charge is 2.19. The predicted molar refractivity (Wildman–Crippen MR) is 80.1 cm³/mol. The van der Waals surface area contributed by atoms with E-state index in [4.69, 9.17) is 0 Å². The summed E-state index contributed by atoms with van der Waals surface area (Å²) >= 11 is 0. The van der Waals surface area contributed by atoms with Crippen LogP contribution in [0, 0.1) is 0 Å². The maximum Gasteiger partial charge on any atom is 0.242 e. The average molecular weight is 297 g/mol. The highest BCUT2D eigenvalue weighted by atomic mass is 32.2. The van der Waals surface area contributed by atoms with Gasteiger partial charge in [0.2, 0.25) is 10.0 Å². The number of rotatable bonds is 4. The quantitative estimate of drug-likeness (QED) is 0.890. The molecule has 20 heavy (non-hydrogen) atoms. The fourth-order valence-corrected chi connectivity index (χ4v) is 3.40. The summed E-state index contributed by atoms with van der Waals surface area (Å²) in [5, 5.41) is 3.40. The van der Waals surface area contributed by atoms with Crippen LogP contribution in [0.1, 0.15) is 12.5 Å². The molecule has 0 amide bonds. The van der Waals surface area contributed by atoms with Gasteiger partial charge < -0.3 is 5.32 Å². The highest BCUT2D eigenvalue weighted by molar-refractivity contribution is 7.89. The lowest BCUT2D eigenvalue weighted by Gasteiger charge is -2.31. The van der Waals surface area contributed by atoms with E-state index in [0.29, 0.717) is 10.9 Å². The van der Waals surface area contributed by atoms with Crippen molar-refractivity contribution >= 4 is 10.0 Å². The van der Waals surface area contributed by atoms with Gasteiger partial charge in [0, 0.05) is 46.3 Å². The van der Waals surface area contributed by atoms with Crippen molar-refractivity contribution in [2.45, 2.75) is 24.4 Å². The van der Waals surface area contributed by atoms with E-state index >= 15 is 0 Å². The normalized spacial score (nSPS) is 21.3. The van der Waals surface area contributed by atoms with Gasteiger partial charge in [-0.05, 0) is 24.6 Å². The summed E-state index contributed by atoms with van der Waals surface area (Å²) in [6, 6.07) is 7.72. The molecule has 1 heterocycles. The van der Waals surface area contributed by atoms with Crippen LogP contribution < -0.4 is 5.32 Å². The molecular formula is C14H23N3O2S. The Morgan fingerprint density at radius 2 is 2.15 bits per heavy atom. The molecule has 0 bridgehead atoms. The van der Waals surface area contributed by atoms with E-state index in [-0.39, 0.29) is 0 Å². The van der Waals surface area contributed by atoms with E-state index in [1.165, 1.54) is 4.31 Å². The van der Waals surface area contributed by atoms with Gasteiger partial charge in [0.25, 0.3) is 0 Å². The van der Waals surface area contributed by atoms with Gasteiger partial charge in [-0.2, -0.15) is 0 Å². The summed E-state index contributed by atoms with van der Waals surface area (Å²) in [4.78, 5) is 2.71. The van der Waals surface area contributed by atoms with Gasteiger partial charge in [0.1, 0.15) is 0 Å². The van der Waals surface area contributed by atoms with Crippen LogP contribution in [-0.2, 0) is 16.6 Å². The lowest BCUT2D eigenvalue weighted by molar-refractivity contribution is 0.199. The maximum atomic E-state index is 12.1. The summed E-state index contributed by atoms with van der Waals surface area (Å²) in [5.74, 6) is 0. The molecule has 0 saturated carbocycles. The number of sulfonamides is 1. The van der Waals surface area contributed by atoms with Gasteiger partial charge in [0.15, 0.2) is 0 Å². The third kappa shape index (κ3) is 3.58. The van der Waals surface area contributed by atoms with Crippen molar-refractivity contribution in [2.24, 2.45) is 0 Å². The second kappa shape index (κ2) is 6.22. The number of hydrogen-bond acceptors (Lipinski definition) is 4. The zero-order chi connectivity index (χ0) is 14.8. The Morgan fingerprint density at radius 1 is 1.40 bits per heavy atom. The molecule has 2 rings (SSSR count). The largest absolute Gasteiger partial charge is 0.312 e. The predicted octanol–water partition coefficient (Wildman–Crippen LogP) is 0.731.